The largest absolute Gasteiger partial charge is 0.412 e. The molecule has 2 nitrogen and oxygen atoms in total. The maximum absolute atomic E-state index is 3.82. The molecule has 178 valence electrons. The first kappa shape index (κ1) is 33.6. The summed E-state index contributed by atoms with van der Waals surface area (Å²) in [4.78, 5) is 2.21. The van der Waals surface area contributed by atoms with E-state index in [4.69, 9.17) is 0 Å². The van der Waals surface area contributed by atoms with Crippen molar-refractivity contribution in [2.45, 2.75) is 93.4 Å². The van der Waals surface area contributed by atoms with Crippen molar-refractivity contribution in [1.82, 2.24) is 4.90 Å². The molecule has 0 radical (unpaired) electrons. The molecule has 0 aliphatic rings. The number of benzene rings is 1. The van der Waals surface area contributed by atoms with E-state index >= 15 is 0 Å². The quantitative estimate of drug-likeness (QED) is 0.270. The zero-order chi connectivity index (χ0) is 23.5. The van der Waals surface area contributed by atoms with Crippen molar-refractivity contribution in [2.75, 3.05) is 6.54 Å². The minimum atomic E-state index is 0. The maximum Gasteiger partial charge on any atom is 0.0399 e. The minimum Gasteiger partial charge on any atom is -0.412 e. The second-order valence-electron chi connectivity index (χ2n) is 7.79. The third kappa shape index (κ3) is 13.8. The zero-order valence-electron chi connectivity index (χ0n) is 22.0. The molecule has 31 heavy (non-hydrogen) atoms. The van der Waals surface area contributed by atoms with E-state index in [2.05, 4.69) is 84.0 Å². The normalized spacial score (nSPS) is 10.6. The van der Waals surface area contributed by atoms with Crippen molar-refractivity contribution in [3.8, 4) is 0 Å². The van der Waals surface area contributed by atoms with Crippen molar-refractivity contribution in [3.05, 3.63) is 84.2 Å². The molecule has 0 aliphatic carbocycles. The maximum atomic E-state index is 3.82. The molecule has 0 amide bonds. The molecule has 2 N–H and O–H groups in total. The summed E-state index contributed by atoms with van der Waals surface area (Å²) in [6.07, 6.45) is 13.5. The van der Waals surface area contributed by atoms with Crippen molar-refractivity contribution in [2.24, 2.45) is 0 Å². The average Bonchev–Trinajstić information content (AvgIpc) is 2.73. The van der Waals surface area contributed by atoms with Crippen molar-refractivity contribution < 1.29 is 5.48 Å². The standard InChI is InChI=1S/C14H23N.C13H20.C2H6.H2O/c1-5-9-10-13-15(12-7-3)14(8-4)11-6-2;1-9(2)12-7-6-8-13(10(3)4)11(12)5;1-2;/h6-8,11-12H,2,4-5,9-10,13H2,1,3H3;6-10H,1-5H3;1-2H3;1H2/b12-7+,14-11+;;;. The van der Waals surface area contributed by atoms with E-state index in [-0.39, 0.29) is 5.48 Å². The van der Waals surface area contributed by atoms with Gasteiger partial charge >= 0.3 is 0 Å². The summed E-state index contributed by atoms with van der Waals surface area (Å²) in [6.45, 7) is 28.1. The highest BCUT2D eigenvalue weighted by molar-refractivity contribution is 5.37. The summed E-state index contributed by atoms with van der Waals surface area (Å²) >= 11 is 0. The topological polar surface area (TPSA) is 34.7 Å². The molecule has 0 spiro atoms. The lowest BCUT2D eigenvalue weighted by atomic mass is 9.90. The van der Waals surface area contributed by atoms with Gasteiger partial charge in [-0.1, -0.05) is 105 Å². The van der Waals surface area contributed by atoms with Gasteiger partial charge in [0.05, 0.1) is 0 Å². The van der Waals surface area contributed by atoms with Gasteiger partial charge in [0.1, 0.15) is 0 Å². The highest BCUT2D eigenvalue weighted by atomic mass is 16.0. The molecular formula is C29H51NO. The summed E-state index contributed by atoms with van der Waals surface area (Å²) in [6, 6.07) is 6.66. The fourth-order valence-electron chi connectivity index (χ4n) is 3.33. The Hall–Kier alpha value is -2.06. The first-order valence-corrected chi connectivity index (χ1v) is 11.8. The van der Waals surface area contributed by atoms with Gasteiger partial charge in [-0.3, -0.25) is 0 Å². The lowest BCUT2D eigenvalue weighted by molar-refractivity contribution is 0.453. The molecule has 2 heteroatoms. The van der Waals surface area contributed by atoms with Crippen LogP contribution in [0.4, 0.5) is 0 Å². The van der Waals surface area contributed by atoms with Crippen LogP contribution >= 0.6 is 0 Å². The van der Waals surface area contributed by atoms with Crippen LogP contribution in [0.1, 0.15) is 103 Å². The van der Waals surface area contributed by atoms with Crippen LogP contribution in [0.25, 0.3) is 0 Å². The van der Waals surface area contributed by atoms with E-state index in [1.807, 2.05) is 39.0 Å². The number of unbranched alkanes of at least 4 members (excludes halogenated alkanes) is 2. The second kappa shape index (κ2) is 21.2. The molecule has 0 aromatic heterocycles. The molecule has 0 atom stereocenters. The van der Waals surface area contributed by atoms with Crippen LogP contribution in [-0.2, 0) is 0 Å². The molecule has 0 unspecified atom stereocenters. The van der Waals surface area contributed by atoms with Crippen LogP contribution in [0.2, 0.25) is 0 Å². The molecule has 0 fully saturated rings. The Morgan fingerprint density at radius 1 is 1.00 bits per heavy atom. The minimum absolute atomic E-state index is 0. The van der Waals surface area contributed by atoms with Crippen LogP contribution in [0.3, 0.4) is 0 Å². The molecule has 1 aromatic rings. The number of hydrogen-bond donors (Lipinski definition) is 0. The highest BCUT2D eigenvalue weighted by Gasteiger charge is 2.08. The summed E-state index contributed by atoms with van der Waals surface area (Å²) < 4.78 is 0. The van der Waals surface area contributed by atoms with Crippen LogP contribution in [0.15, 0.2) is 67.6 Å². The Bertz CT molecular complexity index is 612. The first-order valence-electron chi connectivity index (χ1n) is 11.8. The van der Waals surface area contributed by atoms with Gasteiger partial charge in [0.15, 0.2) is 0 Å². The van der Waals surface area contributed by atoms with E-state index in [1.165, 1.54) is 36.0 Å². The lowest BCUT2D eigenvalue weighted by Crippen LogP contribution is -2.16. The monoisotopic (exact) mass is 429 g/mol. The van der Waals surface area contributed by atoms with Gasteiger partial charge in [-0.25, -0.2) is 0 Å². The van der Waals surface area contributed by atoms with Gasteiger partial charge < -0.3 is 10.4 Å². The SMILES string of the molecule is C=C/C=C(\C=C)N(/C=C/C)CCCCC.CC.Cc1c(C(C)C)cccc1C(C)C.O. The van der Waals surface area contributed by atoms with Crippen molar-refractivity contribution in [1.29, 1.82) is 0 Å². The summed E-state index contributed by atoms with van der Waals surface area (Å²) in [7, 11) is 0. The molecule has 1 rings (SSSR count). The van der Waals surface area contributed by atoms with Gasteiger partial charge in [0, 0.05) is 12.2 Å². The zero-order valence-corrected chi connectivity index (χ0v) is 22.0. The lowest BCUT2D eigenvalue weighted by Gasteiger charge is -2.21. The Morgan fingerprint density at radius 2 is 1.52 bits per heavy atom. The van der Waals surface area contributed by atoms with Crippen LogP contribution in [-0.4, -0.2) is 16.9 Å². The van der Waals surface area contributed by atoms with Gasteiger partial charge in [-0.05, 0) is 67.1 Å². The molecular weight excluding hydrogens is 378 g/mol. The van der Waals surface area contributed by atoms with E-state index in [1.54, 1.807) is 6.08 Å². The third-order valence-electron chi connectivity index (χ3n) is 4.82. The van der Waals surface area contributed by atoms with Crippen LogP contribution in [0.5, 0.6) is 0 Å². The van der Waals surface area contributed by atoms with E-state index < -0.39 is 0 Å². The van der Waals surface area contributed by atoms with Crippen molar-refractivity contribution in [3.63, 3.8) is 0 Å². The molecule has 0 heterocycles. The molecule has 0 saturated heterocycles. The number of allylic oxidation sites excluding steroid dienone is 4. The van der Waals surface area contributed by atoms with Gasteiger partial charge in [0.25, 0.3) is 0 Å². The van der Waals surface area contributed by atoms with Crippen molar-refractivity contribution >= 4 is 0 Å². The van der Waals surface area contributed by atoms with E-state index in [0.717, 1.165) is 12.2 Å². The third-order valence-corrected chi connectivity index (χ3v) is 4.82. The fraction of sp³-hybridized carbons (Fsp3) is 0.517. The van der Waals surface area contributed by atoms with Gasteiger partial charge in [-0.15, -0.1) is 0 Å². The fourth-order valence-corrected chi connectivity index (χ4v) is 3.33. The number of hydrogen-bond acceptors (Lipinski definition) is 1. The van der Waals surface area contributed by atoms with Gasteiger partial charge in [-0.2, -0.15) is 0 Å². The van der Waals surface area contributed by atoms with Gasteiger partial charge in [0.2, 0.25) is 0 Å². The predicted octanol–water partition coefficient (Wildman–Crippen LogP) is 8.71. The molecule has 0 saturated carbocycles. The van der Waals surface area contributed by atoms with Crippen LogP contribution < -0.4 is 0 Å². The Morgan fingerprint density at radius 3 is 1.87 bits per heavy atom. The second-order valence-corrected chi connectivity index (χ2v) is 7.79. The average molecular weight is 430 g/mol. The summed E-state index contributed by atoms with van der Waals surface area (Å²) in [5, 5.41) is 0. The molecule has 0 aliphatic heterocycles. The molecule has 1 aromatic carbocycles. The molecule has 0 bridgehead atoms. The smallest absolute Gasteiger partial charge is 0.0399 e. The van der Waals surface area contributed by atoms with E-state index in [9.17, 15) is 0 Å². The van der Waals surface area contributed by atoms with Crippen LogP contribution in [0, 0.1) is 6.92 Å². The number of rotatable bonds is 10. The number of nitrogens with zero attached hydrogens (tertiary/aromatic N) is 1. The summed E-state index contributed by atoms with van der Waals surface area (Å²) in [5.41, 5.74) is 5.57. The Labute approximate surface area is 194 Å². The highest BCUT2D eigenvalue weighted by Crippen LogP contribution is 2.26. The Kier molecular flexibility index (Phi) is 22.9. The summed E-state index contributed by atoms with van der Waals surface area (Å²) in [5.74, 6) is 1.28. The first-order chi connectivity index (χ1) is 14.3. The Balaban J connectivity index is -0.000000457. The predicted molar refractivity (Wildman–Crippen MR) is 144 cm³/mol. The van der Waals surface area contributed by atoms with E-state index in [0.29, 0.717) is 11.8 Å².